The minimum absolute atomic E-state index is 0.0993. The number of esters is 1. The predicted octanol–water partition coefficient (Wildman–Crippen LogP) is 3.09. The van der Waals surface area contributed by atoms with E-state index in [4.69, 9.17) is 4.74 Å². The van der Waals surface area contributed by atoms with Gasteiger partial charge in [-0.15, -0.1) is 0 Å². The summed E-state index contributed by atoms with van der Waals surface area (Å²) in [5.74, 6) is -4.48. The van der Waals surface area contributed by atoms with Crippen LogP contribution in [0.5, 0.6) is 0 Å². The molecule has 4 nitrogen and oxygen atoms in total. The second kappa shape index (κ2) is 6.89. The first kappa shape index (κ1) is 19.2. The molecule has 2 aliphatic rings. The smallest absolute Gasteiger partial charge is 0.343 e. The second-order valence-corrected chi connectivity index (χ2v) is 8.42. The average Bonchev–Trinajstić information content (AvgIpc) is 2.97. The van der Waals surface area contributed by atoms with Crippen LogP contribution in [0.25, 0.3) is 0 Å². The number of carbonyl (C=O) groups excluding carboxylic acids is 1. The van der Waals surface area contributed by atoms with Gasteiger partial charge >= 0.3 is 5.97 Å². The third-order valence-electron chi connectivity index (χ3n) is 5.91. The number of rotatable bonds is 4. The van der Waals surface area contributed by atoms with Crippen molar-refractivity contribution >= 4 is 5.97 Å². The van der Waals surface area contributed by atoms with Gasteiger partial charge in [-0.2, -0.15) is 0 Å². The van der Waals surface area contributed by atoms with Gasteiger partial charge in [-0.3, -0.25) is 0 Å². The first-order valence-corrected chi connectivity index (χ1v) is 9.31. The summed E-state index contributed by atoms with van der Waals surface area (Å²) in [6, 6.07) is 8.37. The van der Waals surface area contributed by atoms with E-state index in [0.29, 0.717) is 18.4 Å². The lowest BCUT2D eigenvalue weighted by Gasteiger charge is -2.38. The summed E-state index contributed by atoms with van der Waals surface area (Å²) in [5, 5.41) is 11.3. The zero-order chi connectivity index (χ0) is 19.0. The Morgan fingerprint density at radius 2 is 1.81 bits per heavy atom. The average molecular weight is 368 g/mol. The van der Waals surface area contributed by atoms with Crippen molar-refractivity contribution in [2.75, 3.05) is 27.2 Å². The van der Waals surface area contributed by atoms with Gasteiger partial charge in [0.25, 0.3) is 0 Å². The highest BCUT2D eigenvalue weighted by Gasteiger charge is 2.54. The first-order valence-electron chi connectivity index (χ1n) is 9.31. The van der Waals surface area contributed by atoms with Gasteiger partial charge in [-0.25, -0.2) is 13.6 Å². The molecule has 1 heterocycles. The highest BCUT2D eigenvalue weighted by atomic mass is 19.3. The number of ether oxygens (including phenoxy) is 1. The fourth-order valence-electron chi connectivity index (χ4n) is 4.12. The van der Waals surface area contributed by atoms with Crippen LogP contribution >= 0.6 is 0 Å². The fourth-order valence-corrected chi connectivity index (χ4v) is 4.12. The van der Waals surface area contributed by atoms with Gasteiger partial charge in [-0.05, 0) is 12.0 Å². The van der Waals surface area contributed by atoms with Gasteiger partial charge in [0.15, 0.2) is 5.60 Å². The maximum absolute atomic E-state index is 13.8. The summed E-state index contributed by atoms with van der Waals surface area (Å²) < 4.78 is 34.1. The van der Waals surface area contributed by atoms with Crippen LogP contribution in [0, 0.1) is 5.92 Å². The van der Waals surface area contributed by atoms with Gasteiger partial charge in [0.1, 0.15) is 6.10 Å². The molecule has 0 radical (unpaired) electrons. The third-order valence-corrected chi connectivity index (χ3v) is 5.91. The molecule has 2 fully saturated rings. The van der Waals surface area contributed by atoms with Crippen molar-refractivity contribution in [2.24, 2.45) is 5.92 Å². The molecule has 1 aromatic carbocycles. The van der Waals surface area contributed by atoms with Crippen molar-refractivity contribution in [2.45, 2.75) is 49.7 Å². The molecule has 144 valence electrons. The lowest BCUT2D eigenvalue weighted by molar-refractivity contribution is -0.896. The number of benzene rings is 1. The Labute approximate surface area is 153 Å². The van der Waals surface area contributed by atoms with Gasteiger partial charge < -0.3 is 14.3 Å². The number of carbonyl (C=O) groups is 1. The number of alkyl halides is 2. The Hall–Kier alpha value is -1.53. The summed E-state index contributed by atoms with van der Waals surface area (Å²) in [6.45, 7) is 1.76. The molecule has 1 saturated heterocycles. The largest absolute Gasteiger partial charge is 0.460 e. The Morgan fingerprint density at radius 1 is 1.19 bits per heavy atom. The van der Waals surface area contributed by atoms with E-state index >= 15 is 0 Å². The van der Waals surface area contributed by atoms with E-state index in [-0.39, 0.29) is 18.9 Å². The minimum Gasteiger partial charge on any atom is -0.460 e. The van der Waals surface area contributed by atoms with Crippen LogP contribution in [0.3, 0.4) is 0 Å². The molecule has 2 atom stereocenters. The standard InChI is InChI=1S/C20H28F2NO3/c1-23(2)12-9-17(10-13-23)26-18(24)20(25,15-6-4-3-5-7-15)16-8-11-19(21,22)14-16/h3-7,16-17,25H,8-14H2,1-2H3/q+1/t16-,20+/m1/s1. The normalized spacial score (nSPS) is 27.7. The van der Waals surface area contributed by atoms with Crippen molar-refractivity contribution < 1.29 is 27.9 Å². The Morgan fingerprint density at radius 3 is 2.35 bits per heavy atom. The topological polar surface area (TPSA) is 46.5 Å². The van der Waals surface area contributed by atoms with Gasteiger partial charge in [0.05, 0.1) is 27.2 Å². The Balaban J connectivity index is 1.81. The van der Waals surface area contributed by atoms with E-state index in [2.05, 4.69) is 14.1 Å². The van der Waals surface area contributed by atoms with E-state index in [0.717, 1.165) is 17.6 Å². The molecule has 1 aliphatic carbocycles. The summed E-state index contributed by atoms with van der Waals surface area (Å²) in [5.41, 5.74) is -1.69. The van der Waals surface area contributed by atoms with Crippen LogP contribution in [0.15, 0.2) is 30.3 Å². The molecule has 0 amide bonds. The molecular formula is C20H28F2NO3+. The number of piperidine rings is 1. The maximum atomic E-state index is 13.8. The number of quaternary nitrogens is 1. The first-order chi connectivity index (χ1) is 12.1. The van der Waals surface area contributed by atoms with Gasteiger partial charge in [0, 0.05) is 31.6 Å². The highest BCUT2D eigenvalue weighted by Crippen LogP contribution is 2.48. The van der Waals surface area contributed by atoms with Crippen LogP contribution in [0.1, 0.15) is 37.7 Å². The summed E-state index contributed by atoms with van der Waals surface area (Å²) in [4.78, 5) is 13.0. The van der Waals surface area contributed by atoms with E-state index < -0.39 is 29.8 Å². The summed E-state index contributed by atoms with van der Waals surface area (Å²) in [6.07, 6.45) is 0.444. The highest BCUT2D eigenvalue weighted by molar-refractivity contribution is 5.81. The van der Waals surface area contributed by atoms with Crippen LogP contribution in [0.2, 0.25) is 0 Å². The van der Waals surface area contributed by atoms with Crippen LogP contribution < -0.4 is 0 Å². The summed E-state index contributed by atoms with van der Waals surface area (Å²) in [7, 11) is 4.25. The van der Waals surface area contributed by atoms with Gasteiger partial charge in [0.2, 0.25) is 5.92 Å². The number of nitrogens with zero attached hydrogens (tertiary/aromatic N) is 1. The molecule has 0 unspecified atom stereocenters. The zero-order valence-corrected chi connectivity index (χ0v) is 15.5. The van der Waals surface area contributed by atoms with E-state index in [1.165, 1.54) is 0 Å². The van der Waals surface area contributed by atoms with Gasteiger partial charge in [-0.1, -0.05) is 30.3 Å². The molecule has 0 spiro atoms. The fraction of sp³-hybridized carbons (Fsp3) is 0.650. The SMILES string of the molecule is C[N+]1(C)CCC(OC(=O)[C@](O)(c2ccccc2)[C@@H]2CCC(F)(F)C2)CC1. The molecule has 0 bridgehead atoms. The Bertz CT molecular complexity index is 640. The lowest BCUT2D eigenvalue weighted by atomic mass is 9.80. The molecule has 1 aromatic rings. The molecule has 0 aromatic heterocycles. The monoisotopic (exact) mass is 368 g/mol. The van der Waals surface area contributed by atoms with E-state index in [9.17, 15) is 18.7 Å². The number of hydrogen-bond donors (Lipinski definition) is 1. The third kappa shape index (κ3) is 3.91. The van der Waals surface area contributed by atoms with Crippen LogP contribution in [0.4, 0.5) is 8.78 Å². The lowest BCUT2D eigenvalue weighted by Crippen LogP contribution is -2.50. The molecule has 1 saturated carbocycles. The van der Waals surface area contributed by atoms with Crippen LogP contribution in [-0.4, -0.2) is 54.8 Å². The molecular weight excluding hydrogens is 340 g/mol. The molecule has 6 heteroatoms. The molecule has 1 N–H and O–H groups in total. The minimum atomic E-state index is -2.85. The molecule has 1 aliphatic heterocycles. The molecule has 3 rings (SSSR count). The summed E-state index contributed by atoms with van der Waals surface area (Å²) >= 11 is 0. The van der Waals surface area contributed by atoms with Crippen molar-refractivity contribution in [3.8, 4) is 0 Å². The maximum Gasteiger partial charge on any atom is 0.343 e. The zero-order valence-electron chi connectivity index (χ0n) is 15.5. The number of halogens is 2. The van der Waals surface area contributed by atoms with Crippen LogP contribution in [-0.2, 0) is 15.1 Å². The number of hydrogen-bond acceptors (Lipinski definition) is 3. The van der Waals surface area contributed by atoms with Crippen molar-refractivity contribution in [1.29, 1.82) is 0 Å². The number of likely N-dealkylation sites (tertiary alicyclic amines) is 1. The quantitative estimate of drug-likeness (QED) is 0.656. The van der Waals surface area contributed by atoms with Crippen molar-refractivity contribution in [3.05, 3.63) is 35.9 Å². The predicted molar refractivity (Wildman–Crippen MR) is 93.6 cm³/mol. The Kier molecular flexibility index (Phi) is 5.10. The van der Waals surface area contributed by atoms with Crippen molar-refractivity contribution in [3.63, 3.8) is 0 Å². The van der Waals surface area contributed by atoms with Crippen molar-refractivity contribution in [1.82, 2.24) is 0 Å². The number of aliphatic hydroxyl groups is 1. The molecule has 26 heavy (non-hydrogen) atoms. The van der Waals surface area contributed by atoms with E-state index in [1.54, 1.807) is 30.3 Å². The second-order valence-electron chi connectivity index (χ2n) is 8.42. The van der Waals surface area contributed by atoms with E-state index in [1.807, 2.05) is 0 Å².